The van der Waals surface area contributed by atoms with E-state index in [1.54, 1.807) is 0 Å². The first-order valence-electron chi connectivity index (χ1n) is 12.0. The highest BCUT2D eigenvalue weighted by molar-refractivity contribution is 6.21. The molecule has 2 aromatic carbocycles. The van der Waals surface area contributed by atoms with Crippen LogP contribution >= 0.6 is 0 Å². The van der Waals surface area contributed by atoms with Crippen molar-refractivity contribution in [3.8, 4) is 0 Å². The number of amides is 2. The lowest BCUT2D eigenvalue weighted by atomic mass is 10.1. The number of piperazine rings is 1. The number of unbranched alkanes of at least 4 members (excludes halogenated alkanes) is 1. The average Bonchev–Trinajstić information content (AvgIpc) is 3.13. The highest BCUT2D eigenvalue weighted by Crippen LogP contribution is 2.23. The van der Waals surface area contributed by atoms with E-state index in [4.69, 9.17) is 0 Å². The van der Waals surface area contributed by atoms with E-state index in [1.165, 1.54) is 25.8 Å². The molecular weight excluding hydrogens is 398 g/mol. The lowest BCUT2D eigenvalue weighted by molar-refractivity contribution is -1.02. The maximum atomic E-state index is 13.1. The highest BCUT2D eigenvalue weighted by Gasteiger charge is 2.46. The molecule has 2 aliphatic heterocycles. The fraction of sp³-hybridized carbons (Fsp3) is 0.407. The topological polar surface area (TPSA) is 46.3 Å². The summed E-state index contributed by atoms with van der Waals surface area (Å²) in [7, 11) is 0. The number of aryl methyl sites for hydroxylation is 1. The summed E-state index contributed by atoms with van der Waals surface area (Å²) in [6, 6.07) is 18.1. The second kappa shape index (κ2) is 10.7. The summed E-state index contributed by atoms with van der Waals surface area (Å²) in [5, 5.41) is 0. The maximum absolute atomic E-state index is 13.1. The highest BCUT2D eigenvalue weighted by atomic mass is 16.2. The molecule has 0 saturated carbocycles. The Morgan fingerprint density at radius 1 is 0.969 bits per heavy atom. The van der Waals surface area contributed by atoms with Gasteiger partial charge in [0.25, 0.3) is 5.91 Å². The number of benzene rings is 2. The maximum Gasteiger partial charge on any atom is 0.292 e. The first kappa shape index (κ1) is 22.4. The summed E-state index contributed by atoms with van der Waals surface area (Å²) in [6.07, 6.45) is 8.10. The first-order chi connectivity index (χ1) is 15.7. The fourth-order valence-corrected chi connectivity index (χ4v) is 4.82. The third kappa shape index (κ3) is 5.34. The molecule has 2 amide bonds. The molecule has 2 heterocycles. The predicted octanol–water partition coefficient (Wildman–Crippen LogP) is 1.16. The molecule has 0 aromatic heterocycles. The van der Waals surface area contributed by atoms with Gasteiger partial charge in [0, 0.05) is 0 Å². The molecule has 0 spiro atoms. The van der Waals surface area contributed by atoms with Gasteiger partial charge in [-0.15, -0.1) is 0 Å². The molecule has 168 valence electrons. The van der Waals surface area contributed by atoms with Crippen molar-refractivity contribution in [3.05, 3.63) is 71.8 Å². The molecule has 5 heteroatoms. The van der Waals surface area contributed by atoms with Gasteiger partial charge < -0.3 is 9.80 Å². The Morgan fingerprint density at radius 2 is 1.69 bits per heavy atom. The van der Waals surface area contributed by atoms with E-state index < -0.39 is 0 Å². The molecule has 2 N–H and O–H groups in total. The summed E-state index contributed by atoms with van der Waals surface area (Å²) < 4.78 is 0. The fourth-order valence-electron chi connectivity index (χ4n) is 4.82. The van der Waals surface area contributed by atoms with Gasteiger partial charge in [0.05, 0.1) is 18.7 Å². The van der Waals surface area contributed by atoms with Crippen molar-refractivity contribution in [2.75, 3.05) is 37.6 Å². The number of nitrogens with one attached hydrogen (secondary N) is 2. The van der Waals surface area contributed by atoms with Crippen molar-refractivity contribution in [2.45, 2.75) is 38.6 Å². The lowest BCUT2D eigenvalue weighted by Crippen LogP contribution is -3.30. The van der Waals surface area contributed by atoms with Crippen molar-refractivity contribution in [3.63, 3.8) is 0 Å². The Balaban J connectivity index is 1.30. The standard InChI is InChI=1S/C27H33N3O2/c1-2-3-8-23-12-14-24(15-13-23)30-26(31)21-25(27(30)32)29-19-17-28(18-20-29)16-7-11-22-9-5-4-6-10-22/h4-7,9-15,25H,2-3,8,16-21H2,1H3/p+2/b11-7+/t25-/m1/s1. The largest absolute Gasteiger partial charge is 0.322 e. The summed E-state index contributed by atoms with van der Waals surface area (Å²) >= 11 is 0. The van der Waals surface area contributed by atoms with E-state index >= 15 is 0 Å². The molecule has 0 unspecified atom stereocenters. The minimum absolute atomic E-state index is 0.0290. The second-order valence-corrected chi connectivity index (χ2v) is 9.02. The predicted molar refractivity (Wildman–Crippen MR) is 128 cm³/mol. The molecule has 2 fully saturated rings. The van der Waals surface area contributed by atoms with Crippen molar-refractivity contribution in [1.82, 2.24) is 0 Å². The molecule has 1 atom stereocenters. The van der Waals surface area contributed by atoms with Crippen LogP contribution in [0.2, 0.25) is 0 Å². The molecule has 4 rings (SSSR count). The third-order valence-electron chi connectivity index (χ3n) is 6.77. The van der Waals surface area contributed by atoms with Gasteiger partial charge in [0.1, 0.15) is 26.2 Å². The van der Waals surface area contributed by atoms with Crippen molar-refractivity contribution in [1.29, 1.82) is 0 Å². The molecule has 2 aromatic rings. The van der Waals surface area contributed by atoms with Crippen LogP contribution in [0.15, 0.2) is 60.7 Å². The molecule has 0 bridgehead atoms. The van der Waals surface area contributed by atoms with Crippen LogP contribution in [0.25, 0.3) is 6.08 Å². The zero-order valence-corrected chi connectivity index (χ0v) is 19.1. The first-order valence-corrected chi connectivity index (χ1v) is 12.0. The zero-order chi connectivity index (χ0) is 22.3. The van der Waals surface area contributed by atoms with Crippen molar-refractivity contribution in [2.24, 2.45) is 0 Å². The normalized spacial score (nSPS) is 23.9. The number of hydrogen-bond acceptors (Lipinski definition) is 2. The van der Waals surface area contributed by atoms with Gasteiger partial charge >= 0.3 is 0 Å². The molecule has 5 nitrogen and oxygen atoms in total. The van der Waals surface area contributed by atoms with E-state index in [0.29, 0.717) is 6.42 Å². The number of nitrogens with zero attached hydrogens (tertiary/aromatic N) is 1. The Kier molecular flexibility index (Phi) is 7.51. The van der Waals surface area contributed by atoms with Crippen LogP contribution in [-0.4, -0.2) is 50.6 Å². The van der Waals surface area contributed by atoms with Crippen LogP contribution in [0.3, 0.4) is 0 Å². The van der Waals surface area contributed by atoms with E-state index in [1.807, 2.05) is 18.2 Å². The minimum atomic E-state index is -0.233. The molecule has 0 aliphatic carbocycles. The van der Waals surface area contributed by atoms with Gasteiger partial charge in [-0.25, -0.2) is 4.90 Å². The SMILES string of the molecule is CCCCc1ccc(N2C(=O)C[C@@H]([NH+]3CC[NH+](C/C=C/c4ccccc4)CC3)C2=O)cc1. The number of carbonyl (C=O) groups is 2. The quantitative estimate of drug-likeness (QED) is 0.614. The van der Waals surface area contributed by atoms with Gasteiger partial charge in [-0.1, -0.05) is 61.9 Å². The van der Waals surface area contributed by atoms with Crippen LogP contribution < -0.4 is 14.7 Å². The number of carbonyl (C=O) groups excluding carboxylic acids is 2. The smallest absolute Gasteiger partial charge is 0.292 e. The lowest BCUT2D eigenvalue weighted by Gasteiger charge is -2.31. The number of anilines is 1. The number of imide groups is 1. The van der Waals surface area contributed by atoms with Gasteiger partial charge in [-0.3, -0.25) is 9.59 Å². The van der Waals surface area contributed by atoms with Crippen LogP contribution in [0.5, 0.6) is 0 Å². The number of rotatable bonds is 8. The Hall–Kier alpha value is -2.76. The summed E-state index contributed by atoms with van der Waals surface area (Å²) in [5.41, 5.74) is 3.21. The van der Waals surface area contributed by atoms with Crippen LogP contribution in [-0.2, 0) is 16.0 Å². The minimum Gasteiger partial charge on any atom is -0.322 e. The second-order valence-electron chi connectivity index (χ2n) is 9.02. The van der Waals surface area contributed by atoms with Gasteiger partial charge in [0.2, 0.25) is 5.91 Å². The van der Waals surface area contributed by atoms with Crippen LogP contribution in [0.1, 0.15) is 37.3 Å². The van der Waals surface area contributed by atoms with Gasteiger partial charge in [0.15, 0.2) is 6.04 Å². The van der Waals surface area contributed by atoms with Gasteiger partial charge in [-0.2, -0.15) is 0 Å². The summed E-state index contributed by atoms with van der Waals surface area (Å²) in [4.78, 5) is 30.1. The molecule has 0 radical (unpaired) electrons. The third-order valence-corrected chi connectivity index (χ3v) is 6.77. The Morgan fingerprint density at radius 3 is 2.38 bits per heavy atom. The van der Waals surface area contributed by atoms with Gasteiger partial charge in [-0.05, 0) is 42.2 Å². The molecule has 2 aliphatic rings. The Bertz CT molecular complexity index is 931. The van der Waals surface area contributed by atoms with Crippen LogP contribution in [0.4, 0.5) is 5.69 Å². The number of quaternary nitrogens is 2. The monoisotopic (exact) mass is 433 g/mol. The summed E-state index contributed by atoms with van der Waals surface area (Å²) in [5.74, 6) is -0.0897. The Labute approximate surface area is 191 Å². The van der Waals surface area contributed by atoms with E-state index in [-0.39, 0.29) is 17.9 Å². The zero-order valence-electron chi connectivity index (χ0n) is 19.1. The molecule has 32 heavy (non-hydrogen) atoms. The molecule has 2 saturated heterocycles. The summed E-state index contributed by atoms with van der Waals surface area (Å²) in [6.45, 7) is 7.10. The average molecular weight is 434 g/mol. The van der Waals surface area contributed by atoms with E-state index in [9.17, 15) is 9.59 Å². The van der Waals surface area contributed by atoms with Crippen LogP contribution in [0, 0.1) is 0 Å². The van der Waals surface area contributed by atoms with E-state index in [0.717, 1.165) is 57.7 Å². The van der Waals surface area contributed by atoms with E-state index in [2.05, 4.69) is 55.5 Å². The molecular formula is C27H35N3O2+2. The van der Waals surface area contributed by atoms with Crippen molar-refractivity contribution < 1.29 is 19.4 Å². The number of hydrogen-bond donors (Lipinski definition) is 2. The van der Waals surface area contributed by atoms with Crippen molar-refractivity contribution >= 4 is 23.6 Å².